The molecule has 0 spiro atoms. The molecule has 1 N–H and O–H groups in total. The third-order valence-corrected chi connectivity index (χ3v) is 1.87. The van der Waals surface area contributed by atoms with Crippen molar-refractivity contribution < 1.29 is 4.74 Å². The highest BCUT2D eigenvalue weighted by molar-refractivity contribution is 5.83. The Bertz CT molecular complexity index is 490. The van der Waals surface area contributed by atoms with E-state index in [-0.39, 0.29) is 5.56 Å². The summed E-state index contributed by atoms with van der Waals surface area (Å²) in [4.78, 5) is 17.8. The number of para-hydroxylation sites is 1. The number of methoxy groups -OCH3 is 1. The number of aromatic amines is 1. The third kappa shape index (κ3) is 1.16. The molecule has 0 amide bonds. The zero-order valence-electron chi connectivity index (χ0n) is 7.07. The number of hydrogen-bond donors (Lipinski definition) is 1. The van der Waals surface area contributed by atoms with E-state index >= 15 is 0 Å². The maximum Gasteiger partial charge on any atom is 0.280 e. The van der Waals surface area contributed by atoms with Crippen LogP contribution in [0.2, 0.25) is 0 Å². The van der Waals surface area contributed by atoms with E-state index in [0.717, 1.165) is 0 Å². The van der Waals surface area contributed by atoms with Crippen LogP contribution in [0.4, 0.5) is 0 Å². The molecule has 0 aliphatic carbocycles. The molecule has 0 saturated carbocycles. The largest absolute Gasteiger partial charge is 0.495 e. The predicted octanol–water partition coefficient (Wildman–Crippen LogP) is 0.932. The van der Waals surface area contributed by atoms with Crippen LogP contribution < -0.4 is 10.3 Å². The van der Waals surface area contributed by atoms with E-state index in [9.17, 15) is 4.79 Å². The first-order valence-electron chi connectivity index (χ1n) is 3.83. The summed E-state index contributed by atoms with van der Waals surface area (Å²) in [5.74, 6) is 0.650. The quantitative estimate of drug-likeness (QED) is 0.703. The van der Waals surface area contributed by atoms with Crippen molar-refractivity contribution in [3.63, 3.8) is 0 Å². The molecule has 66 valence electrons. The fraction of sp³-hybridized carbons (Fsp3) is 0.111. The molecule has 0 aliphatic heterocycles. The second-order valence-corrected chi connectivity index (χ2v) is 2.59. The number of nitrogens with one attached hydrogen (secondary N) is 1. The zero-order valence-corrected chi connectivity index (χ0v) is 7.07. The Morgan fingerprint density at radius 2 is 2.31 bits per heavy atom. The highest BCUT2D eigenvalue weighted by atomic mass is 16.5. The Morgan fingerprint density at radius 3 is 3.08 bits per heavy atom. The molecular formula is C9H8N2O2. The van der Waals surface area contributed by atoms with Gasteiger partial charge >= 0.3 is 0 Å². The molecule has 13 heavy (non-hydrogen) atoms. The van der Waals surface area contributed by atoms with Gasteiger partial charge in [-0.2, -0.15) is 4.98 Å². The van der Waals surface area contributed by atoms with Crippen molar-refractivity contribution in [2.45, 2.75) is 0 Å². The number of aromatic nitrogens is 2. The Balaban J connectivity index is 2.92. The van der Waals surface area contributed by atoms with E-state index in [1.54, 1.807) is 25.3 Å². The third-order valence-electron chi connectivity index (χ3n) is 1.87. The number of nitrogens with zero attached hydrogens (tertiary/aromatic N) is 1. The van der Waals surface area contributed by atoms with Gasteiger partial charge in [-0.1, -0.05) is 6.07 Å². The fourth-order valence-electron chi connectivity index (χ4n) is 1.25. The summed E-state index contributed by atoms with van der Waals surface area (Å²) >= 11 is 0. The average molecular weight is 176 g/mol. The van der Waals surface area contributed by atoms with Gasteiger partial charge in [0.1, 0.15) is 5.75 Å². The van der Waals surface area contributed by atoms with Gasteiger partial charge in [0.15, 0.2) is 0 Å². The predicted molar refractivity (Wildman–Crippen MR) is 48.9 cm³/mol. The van der Waals surface area contributed by atoms with Gasteiger partial charge in [-0.05, 0) is 12.1 Å². The normalized spacial score (nSPS) is 10.2. The lowest BCUT2D eigenvalue weighted by Gasteiger charge is -2.02. The van der Waals surface area contributed by atoms with Crippen molar-refractivity contribution >= 4 is 10.9 Å². The number of ether oxygens (including phenoxy) is 1. The first-order chi connectivity index (χ1) is 6.33. The fourth-order valence-corrected chi connectivity index (χ4v) is 1.25. The second kappa shape index (κ2) is 2.90. The van der Waals surface area contributed by atoms with Crippen LogP contribution in [0.5, 0.6) is 5.75 Å². The lowest BCUT2D eigenvalue weighted by molar-refractivity contribution is 0.419. The molecule has 2 rings (SSSR count). The molecule has 0 unspecified atom stereocenters. The molecule has 2 aromatic rings. The number of fused-ring (bicyclic) bond motifs is 1. The van der Waals surface area contributed by atoms with Gasteiger partial charge in [0.25, 0.3) is 5.56 Å². The van der Waals surface area contributed by atoms with Crippen LogP contribution in [0, 0.1) is 0 Å². The number of rotatable bonds is 1. The van der Waals surface area contributed by atoms with E-state index < -0.39 is 0 Å². The molecule has 1 heterocycles. The zero-order chi connectivity index (χ0) is 9.26. The molecule has 0 atom stereocenters. The Morgan fingerprint density at radius 1 is 1.46 bits per heavy atom. The Kier molecular flexibility index (Phi) is 1.73. The summed E-state index contributed by atoms with van der Waals surface area (Å²) < 4.78 is 5.08. The molecule has 0 radical (unpaired) electrons. The smallest absolute Gasteiger partial charge is 0.280 e. The Labute approximate surface area is 74.2 Å². The van der Waals surface area contributed by atoms with Crippen LogP contribution in [0.25, 0.3) is 10.9 Å². The SMILES string of the molecule is COc1cccc2c(=O)nc[nH]c12. The summed E-state index contributed by atoms with van der Waals surface area (Å²) in [6.45, 7) is 0. The minimum Gasteiger partial charge on any atom is -0.495 e. The molecule has 1 aromatic heterocycles. The van der Waals surface area contributed by atoms with Crippen molar-refractivity contribution in [3.05, 3.63) is 34.9 Å². The van der Waals surface area contributed by atoms with Gasteiger partial charge in [-0.15, -0.1) is 0 Å². The van der Waals surface area contributed by atoms with E-state index in [1.807, 2.05) is 0 Å². The molecule has 0 fully saturated rings. The summed E-state index contributed by atoms with van der Waals surface area (Å²) in [5.41, 5.74) is 0.442. The van der Waals surface area contributed by atoms with E-state index in [0.29, 0.717) is 16.7 Å². The first kappa shape index (κ1) is 7.79. The molecule has 4 heteroatoms. The molecule has 4 nitrogen and oxygen atoms in total. The maximum atomic E-state index is 11.3. The lowest BCUT2D eigenvalue weighted by atomic mass is 10.2. The molecule has 0 aliphatic rings. The molecule has 1 aromatic carbocycles. The summed E-state index contributed by atoms with van der Waals surface area (Å²) in [7, 11) is 1.56. The first-order valence-corrected chi connectivity index (χ1v) is 3.83. The van der Waals surface area contributed by atoms with Gasteiger partial charge < -0.3 is 9.72 Å². The van der Waals surface area contributed by atoms with Crippen molar-refractivity contribution in [1.29, 1.82) is 0 Å². The molecular weight excluding hydrogens is 168 g/mol. The number of hydrogen-bond acceptors (Lipinski definition) is 3. The van der Waals surface area contributed by atoms with Crippen LogP contribution in [0.1, 0.15) is 0 Å². The number of H-pyrrole nitrogens is 1. The van der Waals surface area contributed by atoms with Gasteiger partial charge in [-0.3, -0.25) is 4.79 Å². The minimum absolute atomic E-state index is 0.243. The van der Waals surface area contributed by atoms with Crippen LogP contribution in [-0.2, 0) is 0 Å². The molecule has 0 bridgehead atoms. The number of benzene rings is 1. The topological polar surface area (TPSA) is 55.0 Å². The summed E-state index contributed by atoms with van der Waals surface area (Å²) in [6, 6.07) is 5.26. The van der Waals surface area contributed by atoms with Gasteiger partial charge in [-0.25, -0.2) is 0 Å². The van der Waals surface area contributed by atoms with E-state index in [2.05, 4.69) is 9.97 Å². The van der Waals surface area contributed by atoms with E-state index in [1.165, 1.54) is 6.33 Å². The highest BCUT2D eigenvalue weighted by Crippen LogP contribution is 2.19. The van der Waals surface area contributed by atoms with Crippen molar-refractivity contribution in [2.24, 2.45) is 0 Å². The van der Waals surface area contributed by atoms with E-state index in [4.69, 9.17) is 4.74 Å². The second-order valence-electron chi connectivity index (χ2n) is 2.59. The van der Waals surface area contributed by atoms with Crippen LogP contribution >= 0.6 is 0 Å². The maximum absolute atomic E-state index is 11.3. The average Bonchev–Trinajstić information content (AvgIpc) is 2.18. The minimum atomic E-state index is -0.243. The highest BCUT2D eigenvalue weighted by Gasteiger charge is 2.02. The van der Waals surface area contributed by atoms with Crippen LogP contribution in [-0.4, -0.2) is 17.1 Å². The van der Waals surface area contributed by atoms with Crippen molar-refractivity contribution in [2.75, 3.05) is 7.11 Å². The monoisotopic (exact) mass is 176 g/mol. The van der Waals surface area contributed by atoms with Crippen molar-refractivity contribution in [1.82, 2.24) is 9.97 Å². The van der Waals surface area contributed by atoms with Gasteiger partial charge in [0.2, 0.25) is 0 Å². The Hall–Kier alpha value is -1.84. The standard InChI is InChI=1S/C9H8N2O2/c1-13-7-4-2-3-6-8(7)10-5-11-9(6)12/h2-5H,1H3,(H,10,11,12). The van der Waals surface area contributed by atoms with Gasteiger partial charge in [0, 0.05) is 0 Å². The van der Waals surface area contributed by atoms with Crippen LogP contribution in [0.3, 0.4) is 0 Å². The molecule has 0 saturated heterocycles. The lowest BCUT2D eigenvalue weighted by Crippen LogP contribution is -2.06. The van der Waals surface area contributed by atoms with Crippen LogP contribution in [0.15, 0.2) is 29.3 Å². The van der Waals surface area contributed by atoms with Crippen molar-refractivity contribution in [3.8, 4) is 5.75 Å². The summed E-state index contributed by atoms with van der Waals surface area (Å²) in [5, 5.41) is 0.543. The summed E-state index contributed by atoms with van der Waals surface area (Å²) in [6.07, 6.45) is 1.37. The van der Waals surface area contributed by atoms with Gasteiger partial charge in [0.05, 0.1) is 24.3 Å².